The van der Waals surface area contributed by atoms with Crippen LogP contribution in [0.5, 0.6) is 5.75 Å². The van der Waals surface area contributed by atoms with Gasteiger partial charge in [-0.1, -0.05) is 0 Å². The minimum absolute atomic E-state index is 0.0331. The summed E-state index contributed by atoms with van der Waals surface area (Å²) in [5.41, 5.74) is 0.788. The van der Waals surface area contributed by atoms with Crippen LogP contribution in [0, 0.1) is 12.7 Å². The Hall–Kier alpha value is -1.95. The fourth-order valence-electron chi connectivity index (χ4n) is 1.71. The van der Waals surface area contributed by atoms with Crippen LogP contribution in [0.25, 0.3) is 0 Å². The summed E-state index contributed by atoms with van der Waals surface area (Å²) in [6, 6.07) is 4.62. The van der Waals surface area contributed by atoms with E-state index in [1.54, 1.807) is 13.0 Å². The second-order valence-electron chi connectivity index (χ2n) is 5.90. The van der Waals surface area contributed by atoms with Crippen LogP contribution >= 0.6 is 0 Å². The molecule has 21 heavy (non-hydrogen) atoms. The van der Waals surface area contributed by atoms with Gasteiger partial charge >= 0.3 is 0 Å². The molecule has 2 rings (SSSR count). The first kappa shape index (κ1) is 15.4. The second-order valence-corrected chi connectivity index (χ2v) is 5.90. The van der Waals surface area contributed by atoms with E-state index < -0.39 is 0 Å². The Bertz CT molecular complexity index is 605. The van der Waals surface area contributed by atoms with E-state index in [9.17, 15) is 4.39 Å². The average molecular weight is 293 g/mol. The monoisotopic (exact) mass is 293 g/mol. The summed E-state index contributed by atoms with van der Waals surface area (Å²) in [4.78, 5) is 0. The van der Waals surface area contributed by atoms with E-state index >= 15 is 0 Å². The molecule has 1 aromatic heterocycles. The predicted molar refractivity (Wildman–Crippen MR) is 76.4 cm³/mol. The molecule has 0 amide bonds. The lowest BCUT2D eigenvalue weighted by atomic mass is 10.1. The molecule has 0 radical (unpaired) electrons. The van der Waals surface area contributed by atoms with Gasteiger partial charge in [0.15, 0.2) is 6.61 Å². The highest BCUT2D eigenvalue weighted by Crippen LogP contribution is 2.18. The number of halogens is 1. The standard InChI is InChI=1S/C15H20FN3O2/c1-10-18-19-14(21-10)9-20-13-6-11(5-12(16)7-13)8-17-15(2,3)4/h5-7,17H,8-9H2,1-4H3. The van der Waals surface area contributed by atoms with Crippen molar-refractivity contribution in [2.75, 3.05) is 0 Å². The number of rotatable bonds is 5. The quantitative estimate of drug-likeness (QED) is 0.918. The molecule has 1 aromatic carbocycles. The van der Waals surface area contributed by atoms with E-state index in [4.69, 9.17) is 9.15 Å². The molecule has 2 aromatic rings. The van der Waals surface area contributed by atoms with Crippen LogP contribution in [0.15, 0.2) is 22.6 Å². The highest BCUT2D eigenvalue weighted by atomic mass is 19.1. The van der Waals surface area contributed by atoms with Crippen molar-refractivity contribution in [3.05, 3.63) is 41.4 Å². The molecular weight excluding hydrogens is 273 g/mol. The molecule has 0 aliphatic carbocycles. The number of hydrogen-bond acceptors (Lipinski definition) is 5. The zero-order chi connectivity index (χ0) is 15.5. The van der Waals surface area contributed by atoms with Crippen molar-refractivity contribution in [2.24, 2.45) is 0 Å². The Labute approximate surface area is 123 Å². The van der Waals surface area contributed by atoms with Crippen LogP contribution in [0.2, 0.25) is 0 Å². The summed E-state index contributed by atoms with van der Waals surface area (Å²) in [6.45, 7) is 8.56. The lowest BCUT2D eigenvalue weighted by molar-refractivity contribution is 0.259. The smallest absolute Gasteiger partial charge is 0.253 e. The van der Waals surface area contributed by atoms with E-state index in [1.165, 1.54) is 12.1 Å². The largest absolute Gasteiger partial charge is 0.484 e. The molecule has 0 fully saturated rings. The van der Waals surface area contributed by atoms with Gasteiger partial charge in [-0.3, -0.25) is 0 Å². The van der Waals surface area contributed by atoms with Crippen LogP contribution < -0.4 is 10.1 Å². The number of ether oxygens (including phenoxy) is 1. The van der Waals surface area contributed by atoms with Crippen LogP contribution in [-0.2, 0) is 13.2 Å². The first-order valence-corrected chi connectivity index (χ1v) is 6.78. The molecule has 0 aliphatic rings. The molecule has 0 aliphatic heterocycles. The topological polar surface area (TPSA) is 60.2 Å². The molecule has 1 heterocycles. The van der Waals surface area contributed by atoms with E-state index in [0.717, 1.165) is 5.56 Å². The number of benzene rings is 1. The summed E-state index contributed by atoms with van der Waals surface area (Å²) < 4.78 is 24.3. The third-order valence-corrected chi connectivity index (χ3v) is 2.68. The van der Waals surface area contributed by atoms with Crippen molar-refractivity contribution in [1.29, 1.82) is 0 Å². The van der Waals surface area contributed by atoms with E-state index in [1.807, 2.05) is 0 Å². The molecule has 0 bridgehead atoms. The maximum Gasteiger partial charge on any atom is 0.253 e. The van der Waals surface area contributed by atoms with Gasteiger partial charge in [0.2, 0.25) is 5.89 Å². The van der Waals surface area contributed by atoms with Crippen LogP contribution in [0.4, 0.5) is 4.39 Å². The number of aryl methyl sites for hydroxylation is 1. The lowest BCUT2D eigenvalue weighted by Gasteiger charge is -2.20. The lowest BCUT2D eigenvalue weighted by Crippen LogP contribution is -2.35. The molecule has 0 saturated carbocycles. The van der Waals surface area contributed by atoms with Gasteiger partial charge in [-0.2, -0.15) is 0 Å². The highest BCUT2D eigenvalue weighted by Gasteiger charge is 2.10. The first-order valence-electron chi connectivity index (χ1n) is 6.78. The van der Waals surface area contributed by atoms with Crippen LogP contribution in [0.1, 0.15) is 38.1 Å². The Morgan fingerprint density at radius 3 is 2.62 bits per heavy atom. The molecule has 5 nitrogen and oxygen atoms in total. The Kier molecular flexibility index (Phi) is 4.57. The van der Waals surface area contributed by atoms with Crippen LogP contribution in [0.3, 0.4) is 0 Å². The van der Waals surface area contributed by atoms with Crippen molar-refractivity contribution < 1.29 is 13.5 Å². The summed E-state index contributed by atoms with van der Waals surface area (Å²) in [6.07, 6.45) is 0. The molecule has 0 saturated heterocycles. The van der Waals surface area contributed by atoms with Crippen molar-refractivity contribution in [2.45, 2.75) is 46.4 Å². The number of hydrogen-bond donors (Lipinski definition) is 1. The van der Waals surface area contributed by atoms with E-state index in [2.05, 4.69) is 36.3 Å². The maximum atomic E-state index is 13.6. The Morgan fingerprint density at radius 2 is 2.00 bits per heavy atom. The Balaban J connectivity index is 2.01. The third kappa shape index (κ3) is 5.15. The minimum Gasteiger partial charge on any atom is -0.484 e. The van der Waals surface area contributed by atoms with Gasteiger partial charge in [0.05, 0.1) is 0 Å². The van der Waals surface area contributed by atoms with Gasteiger partial charge in [-0.05, 0) is 38.5 Å². The van der Waals surface area contributed by atoms with Gasteiger partial charge in [-0.25, -0.2) is 4.39 Å². The second kappa shape index (κ2) is 6.22. The predicted octanol–water partition coefficient (Wildman–Crippen LogP) is 2.98. The van der Waals surface area contributed by atoms with Gasteiger partial charge in [0.1, 0.15) is 11.6 Å². The molecular formula is C15H20FN3O2. The highest BCUT2D eigenvalue weighted by molar-refractivity contribution is 5.29. The summed E-state index contributed by atoms with van der Waals surface area (Å²) in [5.74, 6) is 0.950. The van der Waals surface area contributed by atoms with Gasteiger partial charge in [-0.15, -0.1) is 10.2 Å². The third-order valence-electron chi connectivity index (χ3n) is 2.68. The van der Waals surface area contributed by atoms with E-state index in [0.29, 0.717) is 24.1 Å². The summed E-state index contributed by atoms with van der Waals surface area (Å²) in [7, 11) is 0. The van der Waals surface area contributed by atoms with Crippen molar-refractivity contribution >= 4 is 0 Å². The minimum atomic E-state index is -0.333. The maximum absolute atomic E-state index is 13.6. The zero-order valence-electron chi connectivity index (χ0n) is 12.7. The molecule has 0 unspecified atom stereocenters. The Morgan fingerprint density at radius 1 is 1.24 bits per heavy atom. The van der Waals surface area contributed by atoms with Crippen molar-refractivity contribution in [1.82, 2.24) is 15.5 Å². The molecule has 1 N–H and O–H groups in total. The molecule has 0 atom stereocenters. The SMILES string of the molecule is Cc1nnc(COc2cc(F)cc(CNC(C)(C)C)c2)o1. The fraction of sp³-hybridized carbons (Fsp3) is 0.467. The van der Waals surface area contributed by atoms with Gasteiger partial charge in [0, 0.05) is 25.1 Å². The normalized spacial score (nSPS) is 11.7. The number of nitrogens with one attached hydrogen (secondary N) is 1. The number of aromatic nitrogens is 2. The molecule has 6 heteroatoms. The molecule has 0 spiro atoms. The van der Waals surface area contributed by atoms with Crippen LogP contribution in [-0.4, -0.2) is 15.7 Å². The van der Waals surface area contributed by atoms with Crippen molar-refractivity contribution in [3.8, 4) is 5.75 Å². The van der Waals surface area contributed by atoms with Gasteiger partial charge in [0.25, 0.3) is 5.89 Å². The molecule has 114 valence electrons. The fourth-order valence-corrected chi connectivity index (χ4v) is 1.71. The zero-order valence-corrected chi connectivity index (χ0v) is 12.7. The summed E-state index contributed by atoms with van der Waals surface area (Å²) in [5, 5.41) is 10.8. The number of nitrogens with zero attached hydrogens (tertiary/aromatic N) is 2. The summed E-state index contributed by atoms with van der Waals surface area (Å²) >= 11 is 0. The van der Waals surface area contributed by atoms with Crippen molar-refractivity contribution in [3.63, 3.8) is 0 Å². The first-order chi connectivity index (χ1) is 9.82. The average Bonchev–Trinajstić information content (AvgIpc) is 2.79. The van der Waals surface area contributed by atoms with E-state index in [-0.39, 0.29) is 18.0 Å². The van der Waals surface area contributed by atoms with Gasteiger partial charge < -0.3 is 14.5 Å².